The molecule has 0 aromatic heterocycles. The van der Waals surface area contributed by atoms with E-state index in [2.05, 4.69) is 45.0 Å². The minimum absolute atomic E-state index is 0.105. The summed E-state index contributed by atoms with van der Waals surface area (Å²) < 4.78 is 17.6. The Morgan fingerprint density at radius 1 is 0.886 bits per heavy atom. The second-order valence-corrected chi connectivity index (χ2v) is 14.0. The molecule has 0 heterocycles. The fourth-order valence-electron chi connectivity index (χ4n) is 4.77. The Balaban J connectivity index is 2.12. The highest BCUT2D eigenvalue weighted by atomic mass is 28.4. The molecule has 0 saturated carbocycles. The first-order valence-corrected chi connectivity index (χ1v) is 13.8. The largest absolute Gasteiger partial charge is 0.466 e. The minimum Gasteiger partial charge on any atom is -0.466 e. The molecule has 0 saturated heterocycles. The van der Waals surface area contributed by atoms with Crippen LogP contribution in [0.5, 0.6) is 0 Å². The van der Waals surface area contributed by atoms with E-state index in [4.69, 9.17) is 13.9 Å². The van der Waals surface area contributed by atoms with E-state index in [-0.39, 0.29) is 36.4 Å². The van der Waals surface area contributed by atoms with Gasteiger partial charge in [-0.3, -0.25) is 14.4 Å². The van der Waals surface area contributed by atoms with Crippen LogP contribution < -0.4 is 10.4 Å². The number of benzene rings is 2. The van der Waals surface area contributed by atoms with Gasteiger partial charge in [0.15, 0.2) is 5.78 Å². The van der Waals surface area contributed by atoms with Crippen LogP contribution in [0.4, 0.5) is 0 Å². The van der Waals surface area contributed by atoms with Crippen LogP contribution in [0.3, 0.4) is 0 Å². The fraction of sp³-hybridized carbons (Fsp3) is 0.393. The molecular weight excluding hydrogens is 460 g/mol. The maximum atomic E-state index is 13.1. The van der Waals surface area contributed by atoms with Crippen LogP contribution in [0.1, 0.15) is 47.5 Å². The Morgan fingerprint density at radius 2 is 1.40 bits per heavy atom. The summed E-state index contributed by atoms with van der Waals surface area (Å²) in [5.74, 6) is -0.950. The van der Waals surface area contributed by atoms with Gasteiger partial charge in [0.1, 0.15) is 6.61 Å². The molecule has 0 N–H and O–H groups in total. The van der Waals surface area contributed by atoms with Crippen molar-refractivity contribution in [3.63, 3.8) is 0 Å². The van der Waals surface area contributed by atoms with Gasteiger partial charge in [-0.05, 0) is 21.0 Å². The minimum atomic E-state index is -2.92. The predicted molar refractivity (Wildman–Crippen MR) is 137 cm³/mol. The van der Waals surface area contributed by atoms with Crippen molar-refractivity contribution in [1.82, 2.24) is 0 Å². The van der Waals surface area contributed by atoms with Crippen LogP contribution in [0.15, 0.2) is 71.8 Å². The number of esters is 2. The molecule has 35 heavy (non-hydrogen) atoms. The highest BCUT2D eigenvalue weighted by molar-refractivity contribution is 6.99. The lowest BCUT2D eigenvalue weighted by Gasteiger charge is -2.45. The quantitative estimate of drug-likeness (QED) is 0.391. The van der Waals surface area contributed by atoms with Crippen molar-refractivity contribution in [3.05, 3.63) is 71.8 Å². The molecule has 0 unspecified atom stereocenters. The molecule has 1 aliphatic rings. The highest BCUT2D eigenvalue weighted by Gasteiger charge is 2.53. The molecule has 0 fully saturated rings. The zero-order valence-corrected chi connectivity index (χ0v) is 22.1. The van der Waals surface area contributed by atoms with Crippen LogP contribution in [0.2, 0.25) is 5.04 Å². The summed E-state index contributed by atoms with van der Waals surface area (Å²) in [7, 11) is -2.92. The van der Waals surface area contributed by atoms with E-state index in [1.807, 2.05) is 36.4 Å². The van der Waals surface area contributed by atoms with E-state index in [0.717, 1.165) is 15.9 Å². The summed E-state index contributed by atoms with van der Waals surface area (Å²) in [5, 5.41) is 1.95. The molecule has 6 nitrogen and oxygen atoms in total. The van der Waals surface area contributed by atoms with E-state index >= 15 is 0 Å². The molecule has 0 spiro atoms. The average Bonchev–Trinajstić information content (AvgIpc) is 3.09. The molecule has 3 rings (SSSR count). The van der Waals surface area contributed by atoms with Gasteiger partial charge in [-0.1, -0.05) is 81.4 Å². The predicted octanol–water partition coefficient (Wildman–Crippen LogP) is 3.72. The van der Waals surface area contributed by atoms with E-state index < -0.39 is 20.4 Å². The average molecular weight is 495 g/mol. The monoisotopic (exact) mass is 494 g/mol. The third-order valence-corrected chi connectivity index (χ3v) is 11.4. The first-order chi connectivity index (χ1) is 16.6. The lowest BCUT2D eigenvalue weighted by atomic mass is 10.1. The molecule has 0 amide bonds. The van der Waals surface area contributed by atoms with Gasteiger partial charge >= 0.3 is 11.9 Å². The number of ketones is 1. The van der Waals surface area contributed by atoms with E-state index in [9.17, 15) is 14.4 Å². The molecule has 2 aromatic rings. The fourth-order valence-corrected chi connectivity index (χ4v) is 9.44. The molecule has 7 heteroatoms. The number of carbonyl (C=O) groups is 3. The summed E-state index contributed by atoms with van der Waals surface area (Å²) in [6.45, 7) is 9.22. The summed E-state index contributed by atoms with van der Waals surface area (Å²) in [4.78, 5) is 36.0. The number of carbonyl (C=O) groups excluding carboxylic acids is 3. The van der Waals surface area contributed by atoms with Crippen LogP contribution in [-0.2, 0) is 28.3 Å². The standard InChI is InChI=1S/C28H34O6Si/c1-20(29)32-17-16-24-25(19-33-21(2)30)26(31)18-27(24)34-35(28(3,4)5,22-12-8-6-9-13-22)23-14-10-7-11-15-23/h6-15,27H,16-19H2,1-5H3/t27-/m0/s1. The number of Topliss-reactive ketones (excluding diaryl/α,β-unsaturated/α-hetero) is 1. The number of ether oxygens (including phenoxy) is 2. The van der Waals surface area contributed by atoms with Gasteiger partial charge in [-0.25, -0.2) is 0 Å². The van der Waals surface area contributed by atoms with Gasteiger partial charge in [-0.15, -0.1) is 0 Å². The second-order valence-electron chi connectivity index (χ2n) is 9.77. The van der Waals surface area contributed by atoms with Gasteiger partial charge in [0.05, 0.1) is 12.7 Å². The Hall–Kier alpha value is -3.03. The summed E-state index contributed by atoms with van der Waals surface area (Å²) in [6.07, 6.45) is -0.00343. The Labute approximate surface area is 208 Å². The van der Waals surface area contributed by atoms with E-state index in [1.54, 1.807) is 0 Å². The molecule has 2 aromatic carbocycles. The van der Waals surface area contributed by atoms with Gasteiger partial charge in [0.2, 0.25) is 0 Å². The Morgan fingerprint density at radius 3 is 1.86 bits per heavy atom. The molecule has 1 aliphatic carbocycles. The molecule has 0 radical (unpaired) electrons. The normalized spacial score (nSPS) is 16.4. The second kappa shape index (κ2) is 11.1. The van der Waals surface area contributed by atoms with Crippen LogP contribution >= 0.6 is 0 Å². The van der Waals surface area contributed by atoms with E-state index in [1.165, 1.54) is 13.8 Å². The number of rotatable bonds is 9. The lowest BCUT2D eigenvalue weighted by Crippen LogP contribution is -2.67. The van der Waals surface area contributed by atoms with Crippen LogP contribution in [0.25, 0.3) is 0 Å². The SMILES string of the molecule is CC(=O)OCCC1=C(COC(C)=O)C(=O)C[C@@H]1O[Si](c1ccccc1)(c1ccccc1)C(C)(C)C. The van der Waals surface area contributed by atoms with E-state index in [0.29, 0.717) is 12.0 Å². The van der Waals surface area contributed by atoms with Crippen molar-refractivity contribution < 1.29 is 28.3 Å². The van der Waals surface area contributed by atoms with Crippen LogP contribution in [0, 0.1) is 0 Å². The molecular formula is C28H34O6Si. The van der Waals surface area contributed by atoms with Crippen LogP contribution in [-0.4, -0.2) is 45.4 Å². The van der Waals surface area contributed by atoms with Crippen molar-refractivity contribution in [2.24, 2.45) is 0 Å². The number of hydrogen-bond donors (Lipinski definition) is 0. The molecule has 186 valence electrons. The van der Waals surface area contributed by atoms with Crippen molar-refractivity contribution in [2.75, 3.05) is 13.2 Å². The number of hydrogen-bond acceptors (Lipinski definition) is 6. The van der Waals surface area contributed by atoms with Gasteiger partial charge in [-0.2, -0.15) is 0 Å². The van der Waals surface area contributed by atoms with Crippen molar-refractivity contribution in [3.8, 4) is 0 Å². The maximum Gasteiger partial charge on any atom is 0.302 e. The smallest absolute Gasteiger partial charge is 0.302 e. The highest BCUT2D eigenvalue weighted by Crippen LogP contribution is 2.41. The van der Waals surface area contributed by atoms with Crippen molar-refractivity contribution >= 4 is 36.4 Å². The maximum absolute atomic E-state index is 13.1. The van der Waals surface area contributed by atoms with Gasteiger partial charge < -0.3 is 13.9 Å². The molecule has 0 aliphatic heterocycles. The Kier molecular flexibility index (Phi) is 8.46. The zero-order chi connectivity index (χ0) is 25.6. The topological polar surface area (TPSA) is 78.9 Å². The third-order valence-electron chi connectivity index (χ3n) is 6.32. The molecule has 1 atom stereocenters. The molecule has 0 bridgehead atoms. The van der Waals surface area contributed by atoms with Crippen molar-refractivity contribution in [2.45, 2.75) is 58.6 Å². The lowest BCUT2D eigenvalue weighted by molar-refractivity contribution is -0.141. The first kappa shape index (κ1) is 26.6. The third kappa shape index (κ3) is 5.97. The van der Waals surface area contributed by atoms with Gasteiger partial charge in [0.25, 0.3) is 8.32 Å². The summed E-state index contributed by atoms with van der Waals surface area (Å²) in [6, 6.07) is 20.4. The van der Waals surface area contributed by atoms with Crippen molar-refractivity contribution in [1.29, 1.82) is 0 Å². The zero-order valence-electron chi connectivity index (χ0n) is 21.1. The first-order valence-electron chi connectivity index (χ1n) is 11.9. The van der Waals surface area contributed by atoms with Gasteiger partial charge in [0, 0.05) is 32.3 Å². The summed E-state index contributed by atoms with van der Waals surface area (Å²) in [5.41, 5.74) is 1.18. The Bertz CT molecular complexity index is 1050. The summed E-state index contributed by atoms with van der Waals surface area (Å²) >= 11 is 0.